The molecule has 1 N–H and O–H groups in total. The van der Waals surface area contributed by atoms with E-state index in [9.17, 15) is 14.0 Å². The van der Waals surface area contributed by atoms with Crippen LogP contribution in [0.4, 0.5) is 4.39 Å². The SMILES string of the molecule is O=C(NC1CC1)c1cn(CC2CC(=O)N(Cc3ccc(F)cc3)C2)nn1. The van der Waals surface area contributed by atoms with Crippen molar-refractivity contribution >= 4 is 11.8 Å². The second-order valence-corrected chi connectivity index (χ2v) is 7.04. The van der Waals surface area contributed by atoms with E-state index in [2.05, 4.69) is 15.6 Å². The van der Waals surface area contributed by atoms with E-state index in [4.69, 9.17) is 0 Å². The zero-order valence-electron chi connectivity index (χ0n) is 14.3. The maximum absolute atomic E-state index is 13.0. The van der Waals surface area contributed by atoms with Gasteiger partial charge in [0, 0.05) is 38.0 Å². The Labute approximate surface area is 150 Å². The van der Waals surface area contributed by atoms with Crippen molar-refractivity contribution in [2.24, 2.45) is 5.92 Å². The fourth-order valence-electron chi connectivity index (χ4n) is 3.18. The molecule has 0 radical (unpaired) electrons. The molecule has 1 atom stereocenters. The Bertz CT molecular complexity index is 815. The Morgan fingerprint density at radius 1 is 1.27 bits per heavy atom. The van der Waals surface area contributed by atoms with Crippen molar-refractivity contribution in [2.75, 3.05) is 6.54 Å². The van der Waals surface area contributed by atoms with Crippen molar-refractivity contribution in [1.29, 1.82) is 0 Å². The third-order valence-corrected chi connectivity index (χ3v) is 4.71. The number of rotatable bonds is 6. The quantitative estimate of drug-likeness (QED) is 0.846. The van der Waals surface area contributed by atoms with Gasteiger partial charge in [-0.25, -0.2) is 4.39 Å². The first-order chi connectivity index (χ1) is 12.6. The van der Waals surface area contributed by atoms with Crippen molar-refractivity contribution in [3.05, 3.63) is 47.5 Å². The smallest absolute Gasteiger partial charge is 0.273 e. The molecule has 26 heavy (non-hydrogen) atoms. The Hall–Kier alpha value is -2.77. The maximum atomic E-state index is 13.0. The van der Waals surface area contributed by atoms with Gasteiger partial charge in [-0.05, 0) is 30.5 Å². The summed E-state index contributed by atoms with van der Waals surface area (Å²) in [7, 11) is 0. The van der Waals surface area contributed by atoms with Crippen LogP contribution < -0.4 is 5.32 Å². The van der Waals surface area contributed by atoms with Crippen LogP contribution in [0.15, 0.2) is 30.5 Å². The highest BCUT2D eigenvalue weighted by Gasteiger charge is 2.30. The summed E-state index contributed by atoms with van der Waals surface area (Å²) in [5.74, 6) is -0.290. The third-order valence-electron chi connectivity index (χ3n) is 4.71. The number of nitrogens with one attached hydrogen (secondary N) is 1. The fourth-order valence-corrected chi connectivity index (χ4v) is 3.18. The van der Waals surface area contributed by atoms with Crippen molar-refractivity contribution in [3.8, 4) is 0 Å². The zero-order chi connectivity index (χ0) is 18.1. The van der Waals surface area contributed by atoms with Gasteiger partial charge in [0.1, 0.15) is 5.82 Å². The average molecular weight is 357 g/mol. The predicted molar refractivity (Wildman–Crippen MR) is 90.4 cm³/mol. The van der Waals surface area contributed by atoms with E-state index >= 15 is 0 Å². The van der Waals surface area contributed by atoms with E-state index in [-0.39, 0.29) is 29.6 Å². The fraction of sp³-hybridized carbons (Fsp3) is 0.444. The Morgan fingerprint density at radius 3 is 2.77 bits per heavy atom. The summed E-state index contributed by atoms with van der Waals surface area (Å²) < 4.78 is 14.6. The summed E-state index contributed by atoms with van der Waals surface area (Å²) in [4.78, 5) is 26.0. The molecule has 1 aromatic heterocycles. The molecule has 0 spiro atoms. The van der Waals surface area contributed by atoms with E-state index in [1.165, 1.54) is 12.1 Å². The van der Waals surface area contributed by atoms with Gasteiger partial charge in [0.2, 0.25) is 5.91 Å². The van der Waals surface area contributed by atoms with Gasteiger partial charge >= 0.3 is 0 Å². The van der Waals surface area contributed by atoms with Gasteiger partial charge in [-0.2, -0.15) is 0 Å². The topological polar surface area (TPSA) is 80.1 Å². The number of benzene rings is 1. The van der Waals surface area contributed by atoms with Gasteiger partial charge in [-0.1, -0.05) is 17.3 Å². The van der Waals surface area contributed by atoms with E-state index in [0.29, 0.717) is 31.7 Å². The van der Waals surface area contributed by atoms with Crippen LogP contribution in [0.3, 0.4) is 0 Å². The zero-order valence-corrected chi connectivity index (χ0v) is 14.3. The Morgan fingerprint density at radius 2 is 2.04 bits per heavy atom. The highest BCUT2D eigenvalue weighted by Crippen LogP contribution is 2.22. The maximum Gasteiger partial charge on any atom is 0.273 e. The lowest BCUT2D eigenvalue weighted by molar-refractivity contribution is -0.128. The van der Waals surface area contributed by atoms with Crippen molar-refractivity contribution < 1.29 is 14.0 Å². The van der Waals surface area contributed by atoms with Gasteiger partial charge in [-0.15, -0.1) is 5.10 Å². The summed E-state index contributed by atoms with van der Waals surface area (Å²) in [6.07, 6.45) is 4.11. The normalized spacial score (nSPS) is 19.8. The largest absolute Gasteiger partial charge is 0.348 e. The molecule has 1 unspecified atom stereocenters. The van der Waals surface area contributed by atoms with Crippen LogP contribution in [0.25, 0.3) is 0 Å². The molecule has 1 aliphatic heterocycles. The number of carbonyl (C=O) groups excluding carboxylic acids is 2. The molecule has 1 saturated heterocycles. The van der Waals surface area contributed by atoms with E-state index in [1.807, 2.05) is 0 Å². The van der Waals surface area contributed by atoms with Gasteiger partial charge in [-0.3, -0.25) is 14.3 Å². The van der Waals surface area contributed by atoms with Crippen LogP contribution in [0.2, 0.25) is 0 Å². The summed E-state index contributed by atoms with van der Waals surface area (Å²) in [5.41, 5.74) is 1.21. The highest BCUT2D eigenvalue weighted by atomic mass is 19.1. The minimum atomic E-state index is -0.285. The van der Waals surface area contributed by atoms with Crippen LogP contribution in [0.1, 0.15) is 35.3 Å². The minimum absolute atomic E-state index is 0.0751. The van der Waals surface area contributed by atoms with E-state index in [0.717, 1.165) is 18.4 Å². The summed E-state index contributed by atoms with van der Waals surface area (Å²) >= 11 is 0. The first kappa shape index (κ1) is 16.7. The lowest BCUT2D eigenvalue weighted by atomic mass is 10.1. The highest BCUT2D eigenvalue weighted by molar-refractivity contribution is 5.92. The van der Waals surface area contributed by atoms with E-state index < -0.39 is 0 Å². The molecule has 2 aliphatic rings. The lowest BCUT2D eigenvalue weighted by Gasteiger charge is -2.16. The second kappa shape index (κ2) is 6.86. The first-order valence-corrected chi connectivity index (χ1v) is 8.80. The summed E-state index contributed by atoms with van der Waals surface area (Å²) in [6.45, 7) is 1.62. The molecular formula is C18H20FN5O2. The van der Waals surface area contributed by atoms with Crippen molar-refractivity contribution in [2.45, 2.75) is 38.4 Å². The number of nitrogens with zero attached hydrogens (tertiary/aromatic N) is 4. The Kier molecular flexibility index (Phi) is 4.40. The molecule has 1 aromatic carbocycles. The molecule has 0 bridgehead atoms. The number of aromatic nitrogens is 3. The molecule has 136 valence electrons. The molecule has 4 rings (SSSR count). The molecule has 1 aliphatic carbocycles. The third kappa shape index (κ3) is 3.89. The molecule has 8 heteroatoms. The lowest BCUT2D eigenvalue weighted by Crippen LogP contribution is -2.25. The molecule has 2 aromatic rings. The van der Waals surface area contributed by atoms with Crippen LogP contribution in [-0.4, -0.2) is 44.3 Å². The van der Waals surface area contributed by atoms with Gasteiger partial charge < -0.3 is 10.2 Å². The number of halogens is 1. The second-order valence-electron chi connectivity index (χ2n) is 7.04. The monoisotopic (exact) mass is 357 g/mol. The number of likely N-dealkylation sites (tertiary alicyclic amines) is 1. The number of hydrogen-bond acceptors (Lipinski definition) is 4. The van der Waals surface area contributed by atoms with Crippen LogP contribution in [0.5, 0.6) is 0 Å². The van der Waals surface area contributed by atoms with Gasteiger partial charge in [0.25, 0.3) is 5.91 Å². The number of hydrogen-bond donors (Lipinski definition) is 1. The van der Waals surface area contributed by atoms with Gasteiger partial charge in [0.15, 0.2) is 5.69 Å². The molecule has 2 amide bonds. The number of amides is 2. The minimum Gasteiger partial charge on any atom is -0.348 e. The Balaban J connectivity index is 1.33. The van der Waals surface area contributed by atoms with Crippen LogP contribution >= 0.6 is 0 Å². The summed E-state index contributed by atoms with van der Waals surface area (Å²) in [6, 6.07) is 6.46. The molecule has 1 saturated carbocycles. The van der Waals surface area contributed by atoms with E-state index in [1.54, 1.807) is 27.9 Å². The van der Waals surface area contributed by atoms with Crippen molar-refractivity contribution in [1.82, 2.24) is 25.2 Å². The molecular weight excluding hydrogens is 337 g/mol. The predicted octanol–water partition coefficient (Wildman–Crippen LogP) is 1.36. The molecule has 2 heterocycles. The average Bonchev–Trinajstić information content (AvgIpc) is 3.19. The van der Waals surface area contributed by atoms with Gasteiger partial charge in [0.05, 0.1) is 6.20 Å². The molecule has 7 nitrogen and oxygen atoms in total. The molecule has 2 fully saturated rings. The van der Waals surface area contributed by atoms with Crippen LogP contribution in [-0.2, 0) is 17.9 Å². The van der Waals surface area contributed by atoms with Crippen LogP contribution in [0, 0.1) is 11.7 Å². The first-order valence-electron chi connectivity index (χ1n) is 8.80. The summed E-state index contributed by atoms with van der Waals surface area (Å²) in [5, 5.41) is 10.8. The van der Waals surface area contributed by atoms with Crippen molar-refractivity contribution in [3.63, 3.8) is 0 Å². The standard InChI is InChI=1S/C18H20FN5O2/c19-14-3-1-12(2-4-14)8-23-9-13(7-17(23)25)10-24-11-16(21-22-24)18(26)20-15-5-6-15/h1-4,11,13,15H,5-10H2,(H,20,26). The number of carbonyl (C=O) groups is 2.